The van der Waals surface area contributed by atoms with E-state index in [9.17, 15) is 0 Å². The maximum Gasteiger partial charge on any atom is 0.177 e. The third-order valence-corrected chi connectivity index (χ3v) is 4.13. The Hall–Kier alpha value is -2.21. The summed E-state index contributed by atoms with van der Waals surface area (Å²) in [4.78, 5) is 4.47. The molecule has 0 aliphatic carbocycles. The summed E-state index contributed by atoms with van der Waals surface area (Å²) in [7, 11) is 0. The van der Waals surface area contributed by atoms with E-state index in [1.807, 2.05) is 22.6 Å². The first-order chi connectivity index (χ1) is 10.3. The van der Waals surface area contributed by atoms with Gasteiger partial charge in [0.1, 0.15) is 17.7 Å². The molecule has 0 spiro atoms. The Balaban J connectivity index is 1.68. The van der Waals surface area contributed by atoms with Gasteiger partial charge in [-0.05, 0) is 40.0 Å². The van der Waals surface area contributed by atoms with Crippen LogP contribution in [0, 0.1) is 0 Å². The van der Waals surface area contributed by atoms with Gasteiger partial charge >= 0.3 is 0 Å². The van der Waals surface area contributed by atoms with Crippen molar-refractivity contribution in [3.8, 4) is 0 Å². The van der Waals surface area contributed by atoms with Crippen molar-refractivity contribution in [3.05, 3.63) is 58.9 Å². The van der Waals surface area contributed by atoms with Gasteiger partial charge in [0.2, 0.25) is 0 Å². The van der Waals surface area contributed by atoms with E-state index in [0.717, 1.165) is 39.8 Å². The second-order valence-electron chi connectivity index (χ2n) is 4.80. The molecule has 0 unspecified atom stereocenters. The largest absolute Gasteiger partial charge is 0.464 e. The Labute approximate surface area is 128 Å². The van der Waals surface area contributed by atoms with Crippen LogP contribution in [0.3, 0.4) is 0 Å². The molecule has 21 heavy (non-hydrogen) atoms. The zero-order valence-electron chi connectivity index (χ0n) is 11.0. The lowest BCUT2D eigenvalue weighted by atomic mass is 10.1. The van der Waals surface area contributed by atoms with Crippen molar-refractivity contribution >= 4 is 32.5 Å². The Morgan fingerprint density at radius 2 is 2.14 bits per heavy atom. The topological polar surface area (TPSA) is 56.2 Å². The summed E-state index contributed by atoms with van der Waals surface area (Å²) < 4.78 is 8.20. The van der Waals surface area contributed by atoms with Gasteiger partial charge in [0.15, 0.2) is 5.65 Å². The van der Waals surface area contributed by atoms with Crippen LogP contribution in [0.15, 0.2) is 51.9 Å². The summed E-state index contributed by atoms with van der Waals surface area (Å²) in [5.41, 5.74) is 2.97. The summed E-state index contributed by atoms with van der Waals surface area (Å²) in [6.07, 6.45) is 6.90. The Morgan fingerprint density at radius 1 is 1.19 bits per heavy atom. The van der Waals surface area contributed by atoms with Crippen LogP contribution in [-0.2, 0) is 12.8 Å². The van der Waals surface area contributed by atoms with Crippen molar-refractivity contribution < 1.29 is 4.42 Å². The maximum atomic E-state index is 5.44. The number of hydrogen-bond acceptors (Lipinski definition) is 4. The van der Waals surface area contributed by atoms with Gasteiger partial charge < -0.3 is 4.42 Å². The predicted molar refractivity (Wildman–Crippen MR) is 82.1 cm³/mol. The van der Waals surface area contributed by atoms with Crippen LogP contribution >= 0.6 is 15.9 Å². The van der Waals surface area contributed by atoms with Crippen LogP contribution in [0.2, 0.25) is 0 Å². The first kappa shape index (κ1) is 12.5. The molecule has 0 amide bonds. The Morgan fingerprint density at radius 3 is 3.10 bits per heavy atom. The summed E-state index contributed by atoms with van der Waals surface area (Å²) in [6.45, 7) is 0. The zero-order chi connectivity index (χ0) is 14.2. The third-order valence-electron chi connectivity index (χ3n) is 3.57. The molecule has 0 radical (unpaired) electrons. The van der Waals surface area contributed by atoms with E-state index in [2.05, 4.69) is 37.2 Å². The van der Waals surface area contributed by atoms with Crippen molar-refractivity contribution in [2.24, 2.45) is 0 Å². The molecule has 6 heteroatoms. The molecular weight excluding hydrogens is 332 g/mol. The molecule has 0 atom stereocenters. The number of furan rings is 1. The molecule has 5 nitrogen and oxygen atoms in total. The fraction of sp³-hybridized carbons (Fsp3) is 0.133. The van der Waals surface area contributed by atoms with Gasteiger partial charge in [0.25, 0.3) is 0 Å². The molecule has 104 valence electrons. The van der Waals surface area contributed by atoms with Crippen molar-refractivity contribution in [1.82, 2.24) is 19.6 Å². The highest BCUT2D eigenvalue weighted by atomic mass is 79.9. The van der Waals surface area contributed by atoms with Gasteiger partial charge in [-0.3, -0.25) is 4.40 Å². The number of rotatable bonds is 3. The Kier molecular flexibility index (Phi) is 2.96. The second kappa shape index (κ2) is 4.96. The van der Waals surface area contributed by atoms with E-state index in [4.69, 9.17) is 4.42 Å². The van der Waals surface area contributed by atoms with Crippen LogP contribution in [-0.4, -0.2) is 19.6 Å². The van der Waals surface area contributed by atoms with Crippen molar-refractivity contribution in [1.29, 1.82) is 0 Å². The molecule has 3 aromatic heterocycles. The molecule has 1 aromatic carbocycles. The van der Waals surface area contributed by atoms with E-state index in [1.165, 1.54) is 5.56 Å². The SMILES string of the molecule is Brc1cnc(CCc2cccc3occc23)n2cnnc12. The number of halogens is 1. The van der Waals surface area contributed by atoms with Gasteiger partial charge in [-0.15, -0.1) is 10.2 Å². The normalized spacial score (nSPS) is 11.5. The van der Waals surface area contributed by atoms with E-state index >= 15 is 0 Å². The average molecular weight is 343 g/mol. The predicted octanol–water partition coefficient (Wildman–Crippen LogP) is 3.42. The van der Waals surface area contributed by atoms with E-state index in [1.54, 1.807) is 18.8 Å². The summed E-state index contributed by atoms with van der Waals surface area (Å²) in [6, 6.07) is 8.13. The molecule has 0 aliphatic rings. The summed E-state index contributed by atoms with van der Waals surface area (Å²) in [5.74, 6) is 0.943. The van der Waals surface area contributed by atoms with Crippen molar-refractivity contribution in [2.45, 2.75) is 12.8 Å². The fourth-order valence-corrected chi connectivity index (χ4v) is 2.92. The number of nitrogens with zero attached hydrogens (tertiary/aromatic N) is 4. The number of aryl methyl sites for hydroxylation is 2. The lowest BCUT2D eigenvalue weighted by molar-refractivity contribution is 0.615. The smallest absolute Gasteiger partial charge is 0.177 e. The third kappa shape index (κ3) is 2.12. The van der Waals surface area contributed by atoms with Crippen LogP contribution in [0.5, 0.6) is 0 Å². The van der Waals surface area contributed by atoms with Crippen LogP contribution < -0.4 is 0 Å². The molecule has 0 saturated heterocycles. The van der Waals surface area contributed by atoms with E-state index in [-0.39, 0.29) is 0 Å². The minimum atomic E-state index is 0.793. The van der Waals surface area contributed by atoms with Crippen molar-refractivity contribution in [2.75, 3.05) is 0 Å². The van der Waals surface area contributed by atoms with Gasteiger partial charge in [0, 0.05) is 18.0 Å². The summed E-state index contributed by atoms with van der Waals surface area (Å²) in [5, 5.41) is 9.20. The minimum Gasteiger partial charge on any atom is -0.464 e. The molecule has 0 N–H and O–H groups in total. The van der Waals surface area contributed by atoms with Crippen LogP contribution in [0.1, 0.15) is 11.4 Å². The van der Waals surface area contributed by atoms with E-state index in [0.29, 0.717) is 0 Å². The first-order valence-electron chi connectivity index (χ1n) is 6.61. The first-order valence-corrected chi connectivity index (χ1v) is 7.40. The summed E-state index contributed by atoms with van der Waals surface area (Å²) >= 11 is 3.44. The molecule has 0 saturated carbocycles. The maximum absolute atomic E-state index is 5.44. The van der Waals surface area contributed by atoms with E-state index < -0.39 is 0 Å². The van der Waals surface area contributed by atoms with Gasteiger partial charge in [-0.25, -0.2) is 4.98 Å². The molecule has 4 aromatic rings. The molecule has 3 heterocycles. The second-order valence-corrected chi connectivity index (χ2v) is 5.65. The van der Waals surface area contributed by atoms with Gasteiger partial charge in [0.05, 0.1) is 10.7 Å². The number of fused-ring (bicyclic) bond motifs is 2. The van der Waals surface area contributed by atoms with Crippen LogP contribution in [0.4, 0.5) is 0 Å². The minimum absolute atomic E-state index is 0.793. The highest BCUT2D eigenvalue weighted by Crippen LogP contribution is 2.22. The monoisotopic (exact) mass is 342 g/mol. The Bertz CT molecular complexity index is 928. The fourth-order valence-electron chi connectivity index (χ4n) is 2.54. The number of hydrogen-bond donors (Lipinski definition) is 0. The van der Waals surface area contributed by atoms with Gasteiger partial charge in [-0.2, -0.15) is 0 Å². The van der Waals surface area contributed by atoms with Crippen molar-refractivity contribution in [3.63, 3.8) is 0 Å². The van der Waals surface area contributed by atoms with Gasteiger partial charge in [-0.1, -0.05) is 12.1 Å². The number of benzene rings is 1. The lowest BCUT2D eigenvalue weighted by Gasteiger charge is -2.06. The quantitative estimate of drug-likeness (QED) is 0.572. The highest BCUT2D eigenvalue weighted by Gasteiger charge is 2.09. The average Bonchev–Trinajstić information content (AvgIpc) is 3.16. The van der Waals surface area contributed by atoms with Crippen LogP contribution in [0.25, 0.3) is 16.6 Å². The zero-order valence-corrected chi connectivity index (χ0v) is 12.6. The molecule has 0 fully saturated rings. The number of aromatic nitrogens is 4. The molecule has 0 aliphatic heterocycles. The molecular formula is C15H11BrN4O. The highest BCUT2D eigenvalue weighted by molar-refractivity contribution is 9.10. The standard InChI is InChI=1S/C15H11BrN4O/c16-12-8-17-14(20-9-18-19-15(12)20)5-4-10-2-1-3-13-11(10)6-7-21-13/h1-3,6-9H,4-5H2. The molecule has 0 bridgehead atoms. The molecule has 4 rings (SSSR count). The lowest BCUT2D eigenvalue weighted by Crippen LogP contribution is -2.03.